The maximum absolute atomic E-state index is 11.7. The minimum atomic E-state index is -0.143. The van der Waals surface area contributed by atoms with Crippen LogP contribution in [0.4, 0.5) is 5.82 Å². The summed E-state index contributed by atoms with van der Waals surface area (Å²) in [6.07, 6.45) is 2.43. The van der Waals surface area contributed by atoms with E-state index in [9.17, 15) is 4.79 Å². The molecule has 1 aromatic heterocycles. The Morgan fingerprint density at radius 1 is 1.67 bits per heavy atom. The number of ketones is 1. The molecular weight excluding hydrogens is 214 g/mol. The maximum atomic E-state index is 11.7. The number of carbonyl (C=O) groups is 1. The van der Waals surface area contributed by atoms with Crippen molar-refractivity contribution < 1.29 is 4.79 Å². The lowest BCUT2D eigenvalue weighted by atomic mass is 10.0. The third kappa shape index (κ3) is 3.18. The maximum Gasteiger partial charge on any atom is 0.168 e. The standard InChI is InChI=1S/C10H14ClN3O/c1-2-7(12)4-9(15)8-3-6(11)5-14-10(8)13/h3,5,7H,2,4,12H2,1H3,(H2,13,14). The molecule has 4 N–H and O–H groups in total. The van der Waals surface area contributed by atoms with Crippen LogP contribution in [0.5, 0.6) is 0 Å². The number of nitrogen functional groups attached to an aromatic ring is 1. The van der Waals surface area contributed by atoms with Crippen LogP contribution in [0.15, 0.2) is 12.3 Å². The van der Waals surface area contributed by atoms with Crippen molar-refractivity contribution >= 4 is 23.2 Å². The topological polar surface area (TPSA) is 82.0 Å². The van der Waals surface area contributed by atoms with E-state index in [0.29, 0.717) is 10.6 Å². The van der Waals surface area contributed by atoms with E-state index in [0.717, 1.165) is 6.42 Å². The van der Waals surface area contributed by atoms with Gasteiger partial charge in [0.05, 0.1) is 10.6 Å². The molecule has 0 aliphatic rings. The molecule has 1 aromatic rings. The summed E-state index contributed by atoms with van der Waals surface area (Å²) in [7, 11) is 0. The van der Waals surface area contributed by atoms with Crippen LogP contribution in [0.2, 0.25) is 5.02 Å². The number of pyridine rings is 1. The molecule has 4 nitrogen and oxygen atoms in total. The summed E-state index contributed by atoms with van der Waals surface area (Å²) in [5, 5.41) is 0.401. The van der Waals surface area contributed by atoms with Crippen molar-refractivity contribution in [1.29, 1.82) is 0 Å². The van der Waals surface area contributed by atoms with Gasteiger partial charge in [0.2, 0.25) is 0 Å². The Labute approximate surface area is 93.6 Å². The van der Waals surface area contributed by atoms with Gasteiger partial charge < -0.3 is 11.5 Å². The van der Waals surface area contributed by atoms with E-state index < -0.39 is 0 Å². The quantitative estimate of drug-likeness (QED) is 0.766. The first-order valence-corrected chi connectivity index (χ1v) is 5.12. The van der Waals surface area contributed by atoms with Gasteiger partial charge >= 0.3 is 0 Å². The zero-order valence-electron chi connectivity index (χ0n) is 8.53. The predicted octanol–water partition coefficient (Wildman–Crippen LogP) is 1.63. The number of hydrogen-bond donors (Lipinski definition) is 2. The first kappa shape index (κ1) is 11.9. The van der Waals surface area contributed by atoms with Crippen molar-refractivity contribution in [2.24, 2.45) is 5.73 Å². The summed E-state index contributed by atoms with van der Waals surface area (Å²) in [5.74, 6) is 0.0875. The Morgan fingerprint density at radius 3 is 2.93 bits per heavy atom. The second kappa shape index (κ2) is 5.09. The summed E-state index contributed by atoms with van der Waals surface area (Å²) >= 11 is 5.73. The average molecular weight is 228 g/mol. The van der Waals surface area contributed by atoms with Gasteiger partial charge in [-0.25, -0.2) is 4.98 Å². The van der Waals surface area contributed by atoms with Crippen molar-refractivity contribution in [2.75, 3.05) is 5.73 Å². The van der Waals surface area contributed by atoms with Crippen molar-refractivity contribution in [3.05, 3.63) is 22.8 Å². The Morgan fingerprint density at radius 2 is 2.33 bits per heavy atom. The van der Waals surface area contributed by atoms with Crippen LogP contribution in [0.3, 0.4) is 0 Å². The average Bonchev–Trinajstić information content (AvgIpc) is 2.21. The normalized spacial score (nSPS) is 12.5. The molecule has 0 fully saturated rings. The van der Waals surface area contributed by atoms with E-state index in [1.54, 1.807) is 0 Å². The van der Waals surface area contributed by atoms with Crippen LogP contribution >= 0.6 is 11.6 Å². The van der Waals surface area contributed by atoms with Crippen LogP contribution in [0.25, 0.3) is 0 Å². The fourth-order valence-corrected chi connectivity index (χ4v) is 1.32. The number of hydrogen-bond acceptors (Lipinski definition) is 4. The minimum absolute atomic E-state index is 0.114. The Kier molecular flexibility index (Phi) is 4.05. The predicted molar refractivity (Wildman–Crippen MR) is 60.9 cm³/mol. The lowest BCUT2D eigenvalue weighted by molar-refractivity contribution is 0.0974. The summed E-state index contributed by atoms with van der Waals surface area (Å²) < 4.78 is 0. The molecule has 1 unspecified atom stereocenters. The van der Waals surface area contributed by atoms with Crippen molar-refractivity contribution in [1.82, 2.24) is 4.98 Å². The van der Waals surface area contributed by atoms with Crippen molar-refractivity contribution in [3.8, 4) is 0 Å². The fourth-order valence-electron chi connectivity index (χ4n) is 1.17. The highest BCUT2D eigenvalue weighted by molar-refractivity contribution is 6.31. The third-order valence-electron chi connectivity index (χ3n) is 2.16. The molecule has 0 aliphatic heterocycles. The molecule has 0 saturated heterocycles. The molecule has 0 amide bonds. The van der Waals surface area contributed by atoms with E-state index in [1.165, 1.54) is 12.3 Å². The van der Waals surface area contributed by atoms with Gasteiger partial charge in [0.25, 0.3) is 0 Å². The highest BCUT2D eigenvalue weighted by Gasteiger charge is 2.14. The first-order chi connectivity index (χ1) is 7.04. The van der Waals surface area contributed by atoms with Crippen molar-refractivity contribution in [3.63, 3.8) is 0 Å². The van der Waals surface area contributed by atoms with Gasteiger partial charge in [-0.05, 0) is 12.5 Å². The molecule has 0 aliphatic carbocycles. The van der Waals surface area contributed by atoms with E-state index in [1.807, 2.05) is 6.92 Å². The minimum Gasteiger partial charge on any atom is -0.383 e. The number of aromatic nitrogens is 1. The lowest BCUT2D eigenvalue weighted by Crippen LogP contribution is -2.23. The Hall–Kier alpha value is -1.13. The van der Waals surface area contributed by atoms with E-state index in [4.69, 9.17) is 23.1 Å². The van der Waals surface area contributed by atoms with Crippen LogP contribution in [-0.2, 0) is 0 Å². The molecule has 0 aromatic carbocycles. The third-order valence-corrected chi connectivity index (χ3v) is 2.36. The van der Waals surface area contributed by atoms with Crippen LogP contribution < -0.4 is 11.5 Å². The van der Waals surface area contributed by atoms with Crippen LogP contribution in [0, 0.1) is 0 Å². The van der Waals surface area contributed by atoms with E-state index in [-0.39, 0.29) is 24.1 Å². The summed E-state index contributed by atoms with van der Waals surface area (Å²) in [5.41, 5.74) is 11.6. The van der Waals surface area contributed by atoms with E-state index >= 15 is 0 Å². The van der Waals surface area contributed by atoms with Crippen LogP contribution in [-0.4, -0.2) is 16.8 Å². The number of nitrogens with zero attached hydrogens (tertiary/aromatic N) is 1. The second-order valence-electron chi connectivity index (χ2n) is 3.38. The molecule has 5 heteroatoms. The summed E-state index contributed by atoms with van der Waals surface area (Å²) in [4.78, 5) is 15.5. The Bertz CT molecular complexity index is 368. The van der Waals surface area contributed by atoms with Gasteiger partial charge in [-0.1, -0.05) is 18.5 Å². The number of carbonyl (C=O) groups excluding carboxylic acids is 1. The molecule has 0 saturated carbocycles. The second-order valence-corrected chi connectivity index (χ2v) is 3.82. The number of halogens is 1. The van der Waals surface area contributed by atoms with Gasteiger partial charge in [0.15, 0.2) is 5.78 Å². The summed E-state index contributed by atoms with van der Waals surface area (Å²) in [6.45, 7) is 1.93. The van der Waals surface area contributed by atoms with E-state index in [2.05, 4.69) is 4.98 Å². The van der Waals surface area contributed by atoms with Gasteiger partial charge in [0, 0.05) is 18.7 Å². The lowest BCUT2D eigenvalue weighted by Gasteiger charge is -2.08. The number of rotatable bonds is 4. The van der Waals surface area contributed by atoms with Gasteiger partial charge in [-0.3, -0.25) is 4.79 Å². The summed E-state index contributed by atoms with van der Waals surface area (Å²) in [6, 6.07) is 1.38. The molecule has 0 radical (unpaired) electrons. The highest BCUT2D eigenvalue weighted by Crippen LogP contribution is 2.17. The van der Waals surface area contributed by atoms with Gasteiger partial charge in [-0.15, -0.1) is 0 Å². The monoisotopic (exact) mass is 227 g/mol. The smallest absolute Gasteiger partial charge is 0.168 e. The number of nitrogens with two attached hydrogens (primary N) is 2. The molecule has 1 atom stereocenters. The highest BCUT2D eigenvalue weighted by atomic mass is 35.5. The first-order valence-electron chi connectivity index (χ1n) is 4.74. The van der Waals surface area contributed by atoms with Crippen LogP contribution in [0.1, 0.15) is 30.1 Å². The molecular formula is C10H14ClN3O. The Balaban J connectivity index is 2.86. The zero-order chi connectivity index (χ0) is 11.4. The van der Waals surface area contributed by atoms with Gasteiger partial charge in [-0.2, -0.15) is 0 Å². The van der Waals surface area contributed by atoms with Crippen molar-refractivity contribution in [2.45, 2.75) is 25.8 Å². The fraction of sp³-hybridized carbons (Fsp3) is 0.400. The number of Topliss-reactive ketones (excluding diaryl/α,β-unsaturated/α-hetero) is 1. The molecule has 15 heavy (non-hydrogen) atoms. The SMILES string of the molecule is CCC(N)CC(=O)c1cc(Cl)cnc1N. The zero-order valence-corrected chi connectivity index (χ0v) is 9.29. The molecule has 0 bridgehead atoms. The number of anilines is 1. The van der Waals surface area contributed by atoms with Gasteiger partial charge in [0.1, 0.15) is 5.82 Å². The molecule has 0 spiro atoms. The molecule has 82 valence electrons. The largest absolute Gasteiger partial charge is 0.383 e. The molecule has 1 rings (SSSR count). The molecule has 1 heterocycles.